The van der Waals surface area contributed by atoms with Gasteiger partial charge in [0, 0.05) is 43.1 Å². The average molecular weight is 216 g/mol. The van der Waals surface area contributed by atoms with Crippen molar-refractivity contribution in [1.82, 2.24) is 10.2 Å². The lowest BCUT2D eigenvalue weighted by molar-refractivity contribution is 0.170. The topological polar surface area (TPSA) is 24.5 Å². The lowest BCUT2D eigenvalue weighted by atomic mass is 10.0. The van der Waals surface area contributed by atoms with Gasteiger partial charge in [0.2, 0.25) is 0 Å². The molecule has 1 N–H and O–H groups in total. The fourth-order valence-corrected chi connectivity index (χ4v) is 3.19. The van der Waals surface area contributed by atoms with E-state index in [-0.39, 0.29) is 0 Å². The minimum atomic E-state index is 0.574. The molecule has 0 aromatic heterocycles. The summed E-state index contributed by atoms with van der Waals surface area (Å²) in [6.45, 7) is 5.57. The Labute approximate surface area is 90.6 Å². The minimum Gasteiger partial charge on any atom is -0.379 e. The van der Waals surface area contributed by atoms with Gasteiger partial charge in [-0.2, -0.15) is 11.8 Å². The highest BCUT2D eigenvalue weighted by Crippen LogP contribution is 2.17. The van der Waals surface area contributed by atoms with Crippen molar-refractivity contribution in [1.29, 1.82) is 0 Å². The van der Waals surface area contributed by atoms with Crippen LogP contribution in [0.2, 0.25) is 0 Å². The molecule has 0 spiro atoms. The van der Waals surface area contributed by atoms with Gasteiger partial charge in [-0.05, 0) is 7.05 Å². The summed E-state index contributed by atoms with van der Waals surface area (Å²) in [6, 6.07) is 0.574. The van der Waals surface area contributed by atoms with Crippen LogP contribution in [-0.4, -0.2) is 62.3 Å². The molecule has 4 heteroatoms. The Morgan fingerprint density at radius 1 is 1.36 bits per heavy atom. The van der Waals surface area contributed by atoms with Crippen molar-refractivity contribution in [2.75, 3.05) is 51.4 Å². The van der Waals surface area contributed by atoms with E-state index in [1.54, 1.807) is 0 Å². The Morgan fingerprint density at radius 3 is 2.86 bits per heavy atom. The van der Waals surface area contributed by atoms with Crippen molar-refractivity contribution in [3.8, 4) is 0 Å². The van der Waals surface area contributed by atoms with Gasteiger partial charge in [0.25, 0.3) is 0 Å². The van der Waals surface area contributed by atoms with E-state index in [0.717, 1.165) is 13.2 Å². The molecule has 2 unspecified atom stereocenters. The number of thioether (sulfide) groups is 1. The fraction of sp³-hybridized carbons (Fsp3) is 1.00. The number of ether oxygens (including phenoxy) is 1. The Hall–Kier alpha value is 0.230. The van der Waals surface area contributed by atoms with E-state index in [0.29, 0.717) is 12.0 Å². The zero-order valence-corrected chi connectivity index (χ0v) is 9.68. The maximum absolute atomic E-state index is 5.51. The molecule has 0 amide bonds. The molecule has 0 saturated carbocycles. The van der Waals surface area contributed by atoms with Crippen LogP contribution in [0, 0.1) is 5.92 Å². The molecule has 2 aliphatic rings. The first-order valence-corrected chi connectivity index (χ1v) is 6.60. The van der Waals surface area contributed by atoms with Crippen molar-refractivity contribution in [3.05, 3.63) is 0 Å². The van der Waals surface area contributed by atoms with E-state index in [4.69, 9.17) is 4.74 Å². The van der Waals surface area contributed by atoms with Crippen molar-refractivity contribution >= 4 is 11.8 Å². The fourth-order valence-electron chi connectivity index (χ4n) is 2.21. The van der Waals surface area contributed by atoms with E-state index >= 15 is 0 Å². The van der Waals surface area contributed by atoms with Gasteiger partial charge in [0.15, 0.2) is 0 Å². The molecule has 2 heterocycles. The summed E-state index contributed by atoms with van der Waals surface area (Å²) in [5, 5.41) is 3.35. The Kier molecular flexibility index (Phi) is 4.10. The monoisotopic (exact) mass is 216 g/mol. The summed E-state index contributed by atoms with van der Waals surface area (Å²) in [4.78, 5) is 2.58. The van der Waals surface area contributed by atoms with Gasteiger partial charge in [0.05, 0.1) is 13.2 Å². The van der Waals surface area contributed by atoms with Crippen LogP contribution < -0.4 is 5.32 Å². The molecule has 3 nitrogen and oxygen atoms in total. The van der Waals surface area contributed by atoms with Gasteiger partial charge in [-0.25, -0.2) is 0 Å². The van der Waals surface area contributed by atoms with Crippen molar-refractivity contribution in [3.63, 3.8) is 0 Å². The molecule has 0 radical (unpaired) electrons. The molecule has 2 rings (SSSR count). The third-order valence-corrected chi connectivity index (χ3v) is 4.11. The molecule has 0 aromatic rings. The first kappa shape index (κ1) is 10.7. The zero-order chi connectivity index (χ0) is 9.80. The normalized spacial score (nSPS) is 34.9. The Balaban J connectivity index is 1.77. The van der Waals surface area contributed by atoms with Crippen LogP contribution in [0.3, 0.4) is 0 Å². The predicted octanol–water partition coefficient (Wildman–Crippen LogP) is 0.270. The van der Waals surface area contributed by atoms with Gasteiger partial charge in [-0.1, -0.05) is 0 Å². The quantitative estimate of drug-likeness (QED) is 0.732. The van der Waals surface area contributed by atoms with Crippen LogP contribution in [0.15, 0.2) is 0 Å². The van der Waals surface area contributed by atoms with E-state index < -0.39 is 0 Å². The summed E-state index contributed by atoms with van der Waals surface area (Å²) >= 11 is 2.07. The van der Waals surface area contributed by atoms with Gasteiger partial charge in [-0.15, -0.1) is 0 Å². The molecule has 0 aromatic carbocycles. The van der Waals surface area contributed by atoms with E-state index in [1.807, 2.05) is 7.05 Å². The molecule has 2 aliphatic heterocycles. The third-order valence-electron chi connectivity index (χ3n) is 3.17. The van der Waals surface area contributed by atoms with Gasteiger partial charge in [-0.3, -0.25) is 0 Å². The number of nitrogens with zero attached hydrogens (tertiary/aromatic N) is 1. The van der Waals surface area contributed by atoms with Crippen LogP contribution in [0.5, 0.6) is 0 Å². The Bertz CT molecular complexity index is 174. The highest BCUT2D eigenvalue weighted by atomic mass is 32.2. The summed E-state index contributed by atoms with van der Waals surface area (Å²) < 4.78 is 5.51. The highest BCUT2D eigenvalue weighted by molar-refractivity contribution is 7.99. The first-order valence-electron chi connectivity index (χ1n) is 5.45. The lowest BCUT2D eigenvalue weighted by Gasteiger charge is -2.30. The van der Waals surface area contributed by atoms with E-state index in [9.17, 15) is 0 Å². The molecule has 2 atom stereocenters. The van der Waals surface area contributed by atoms with Crippen LogP contribution >= 0.6 is 11.8 Å². The third kappa shape index (κ3) is 2.63. The number of likely N-dealkylation sites (N-methyl/N-ethyl adjacent to an activating group) is 1. The minimum absolute atomic E-state index is 0.574. The largest absolute Gasteiger partial charge is 0.379 e. The SMILES string of the molecule is CNC1COCC1CN1CCSCC1. The van der Waals surface area contributed by atoms with Gasteiger partial charge >= 0.3 is 0 Å². The molecular formula is C10H20N2OS. The average Bonchev–Trinajstić information content (AvgIpc) is 2.67. The summed E-state index contributed by atoms with van der Waals surface area (Å²) in [6.07, 6.45) is 0. The summed E-state index contributed by atoms with van der Waals surface area (Å²) in [5.74, 6) is 3.30. The smallest absolute Gasteiger partial charge is 0.0623 e. The van der Waals surface area contributed by atoms with Crippen LogP contribution in [0.1, 0.15) is 0 Å². The van der Waals surface area contributed by atoms with Crippen molar-refractivity contribution < 1.29 is 4.74 Å². The lowest BCUT2D eigenvalue weighted by Crippen LogP contribution is -2.43. The maximum atomic E-state index is 5.51. The first-order chi connectivity index (χ1) is 6.90. The van der Waals surface area contributed by atoms with Gasteiger partial charge in [0.1, 0.15) is 0 Å². The second-order valence-electron chi connectivity index (χ2n) is 4.11. The number of hydrogen-bond donors (Lipinski definition) is 1. The molecule has 0 bridgehead atoms. The number of nitrogens with one attached hydrogen (secondary N) is 1. The van der Waals surface area contributed by atoms with Crippen LogP contribution in [0.4, 0.5) is 0 Å². The highest BCUT2D eigenvalue weighted by Gasteiger charge is 2.28. The number of rotatable bonds is 3. The van der Waals surface area contributed by atoms with Crippen LogP contribution in [-0.2, 0) is 4.74 Å². The van der Waals surface area contributed by atoms with Crippen molar-refractivity contribution in [2.24, 2.45) is 5.92 Å². The summed E-state index contributed by atoms with van der Waals surface area (Å²) in [5.41, 5.74) is 0. The van der Waals surface area contributed by atoms with Gasteiger partial charge < -0.3 is 15.0 Å². The zero-order valence-electron chi connectivity index (χ0n) is 8.87. The van der Waals surface area contributed by atoms with Crippen LogP contribution in [0.25, 0.3) is 0 Å². The molecule has 0 aliphatic carbocycles. The Morgan fingerprint density at radius 2 is 2.14 bits per heavy atom. The summed E-state index contributed by atoms with van der Waals surface area (Å²) in [7, 11) is 2.04. The molecular weight excluding hydrogens is 196 g/mol. The molecule has 14 heavy (non-hydrogen) atoms. The molecule has 82 valence electrons. The van der Waals surface area contributed by atoms with E-state index in [1.165, 1.54) is 31.1 Å². The maximum Gasteiger partial charge on any atom is 0.0623 e. The predicted molar refractivity (Wildman–Crippen MR) is 60.9 cm³/mol. The van der Waals surface area contributed by atoms with E-state index in [2.05, 4.69) is 22.0 Å². The standard InChI is InChI=1S/C10H20N2OS/c1-11-10-8-13-7-9(10)6-12-2-4-14-5-3-12/h9-11H,2-8H2,1H3. The second kappa shape index (κ2) is 5.35. The number of hydrogen-bond acceptors (Lipinski definition) is 4. The molecule has 2 fully saturated rings. The second-order valence-corrected chi connectivity index (χ2v) is 5.33. The molecule has 2 saturated heterocycles. The van der Waals surface area contributed by atoms with Crippen molar-refractivity contribution in [2.45, 2.75) is 6.04 Å².